The second-order valence-electron chi connectivity index (χ2n) is 5.97. The van der Waals surface area contributed by atoms with Gasteiger partial charge in [-0.2, -0.15) is 0 Å². The van der Waals surface area contributed by atoms with Crippen LogP contribution < -0.4 is 0 Å². The fraction of sp³-hybridized carbons (Fsp3) is 0.857. The van der Waals surface area contributed by atoms with Crippen molar-refractivity contribution in [1.82, 2.24) is 0 Å². The Bertz CT molecular complexity index is 352. The lowest BCUT2D eigenvalue weighted by Crippen LogP contribution is -2.53. The summed E-state index contributed by atoms with van der Waals surface area (Å²) in [6, 6.07) is 0. The van der Waals surface area contributed by atoms with Crippen LogP contribution in [0.4, 0.5) is 0 Å². The fourth-order valence-electron chi connectivity index (χ4n) is 3.40. The van der Waals surface area contributed by atoms with Crippen molar-refractivity contribution >= 4 is 11.8 Å². The molecular weight excluding hydrogens is 232 g/mol. The van der Waals surface area contributed by atoms with Gasteiger partial charge >= 0.3 is 5.97 Å². The summed E-state index contributed by atoms with van der Waals surface area (Å²) >= 11 is 0. The first-order valence-electron chi connectivity index (χ1n) is 6.83. The minimum atomic E-state index is -1.27. The van der Waals surface area contributed by atoms with Gasteiger partial charge in [-0.1, -0.05) is 20.3 Å². The standard InChI is InChI=1S/C14H22O4/c1-9-3-4-11(7-10(9)2)14(13(16)17)8-18-6-5-12(14)15/h9-11H,3-8H2,1-2H3,(H,16,17). The summed E-state index contributed by atoms with van der Waals surface area (Å²) in [7, 11) is 0. The zero-order chi connectivity index (χ0) is 13.3. The highest BCUT2D eigenvalue weighted by Crippen LogP contribution is 2.45. The summed E-state index contributed by atoms with van der Waals surface area (Å²) in [4.78, 5) is 23.9. The number of hydrogen-bond donors (Lipinski definition) is 1. The van der Waals surface area contributed by atoms with E-state index in [1.165, 1.54) is 0 Å². The van der Waals surface area contributed by atoms with Gasteiger partial charge in [-0.15, -0.1) is 0 Å². The number of carbonyl (C=O) groups is 2. The molecular formula is C14H22O4. The van der Waals surface area contributed by atoms with Crippen LogP contribution in [0, 0.1) is 23.2 Å². The number of rotatable bonds is 2. The lowest BCUT2D eigenvalue weighted by atomic mass is 9.61. The molecule has 2 aliphatic rings. The van der Waals surface area contributed by atoms with Crippen molar-refractivity contribution in [3.63, 3.8) is 0 Å². The van der Waals surface area contributed by atoms with Crippen LogP contribution in [0.5, 0.6) is 0 Å². The molecule has 4 atom stereocenters. The van der Waals surface area contributed by atoms with Gasteiger partial charge in [0.1, 0.15) is 0 Å². The first kappa shape index (κ1) is 13.5. The maximum atomic E-state index is 12.2. The third-order valence-electron chi connectivity index (χ3n) is 4.98. The molecule has 2 rings (SSSR count). The van der Waals surface area contributed by atoms with Gasteiger partial charge in [-0.25, -0.2) is 0 Å². The van der Waals surface area contributed by atoms with E-state index in [1.807, 2.05) is 0 Å². The van der Waals surface area contributed by atoms with Gasteiger partial charge < -0.3 is 9.84 Å². The first-order chi connectivity index (χ1) is 8.48. The molecule has 1 heterocycles. The van der Waals surface area contributed by atoms with Crippen LogP contribution in [0.2, 0.25) is 0 Å². The molecule has 4 heteroatoms. The minimum Gasteiger partial charge on any atom is -0.480 e. The van der Waals surface area contributed by atoms with E-state index < -0.39 is 11.4 Å². The number of ether oxygens (including phenoxy) is 1. The van der Waals surface area contributed by atoms with Crippen molar-refractivity contribution in [3.05, 3.63) is 0 Å². The molecule has 1 aliphatic heterocycles. The average Bonchev–Trinajstić information content (AvgIpc) is 2.33. The zero-order valence-electron chi connectivity index (χ0n) is 11.1. The number of aliphatic carboxylic acids is 1. The molecule has 4 unspecified atom stereocenters. The predicted molar refractivity (Wildman–Crippen MR) is 66.2 cm³/mol. The molecule has 4 nitrogen and oxygen atoms in total. The molecule has 1 aliphatic carbocycles. The summed E-state index contributed by atoms with van der Waals surface area (Å²) in [6.45, 7) is 4.79. The monoisotopic (exact) mass is 254 g/mol. The highest BCUT2D eigenvalue weighted by Gasteiger charge is 2.54. The Hall–Kier alpha value is -0.900. The largest absolute Gasteiger partial charge is 0.480 e. The molecule has 0 aromatic carbocycles. The molecule has 18 heavy (non-hydrogen) atoms. The van der Waals surface area contributed by atoms with Crippen LogP contribution in [0.25, 0.3) is 0 Å². The van der Waals surface area contributed by atoms with E-state index in [0.717, 1.165) is 19.3 Å². The van der Waals surface area contributed by atoms with Crippen LogP contribution in [0.3, 0.4) is 0 Å². The van der Waals surface area contributed by atoms with Crippen LogP contribution in [0.1, 0.15) is 39.5 Å². The van der Waals surface area contributed by atoms with Gasteiger partial charge in [0.05, 0.1) is 13.2 Å². The minimum absolute atomic E-state index is 0.0611. The Labute approximate surface area is 108 Å². The van der Waals surface area contributed by atoms with Gasteiger partial charge in [0.2, 0.25) is 0 Å². The van der Waals surface area contributed by atoms with Gasteiger partial charge in [0.15, 0.2) is 11.2 Å². The van der Waals surface area contributed by atoms with Crippen LogP contribution >= 0.6 is 0 Å². The van der Waals surface area contributed by atoms with E-state index in [1.54, 1.807) is 0 Å². The molecule has 0 amide bonds. The molecule has 0 aromatic heterocycles. The number of carboxylic acids is 1. The summed E-state index contributed by atoms with van der Waals surface area (Å²) in [5.41, 5.74) is -1.27. The lowest BCUT2D eigenvalue weighted by Gasteiger charge is -2.43. The molecule has 102 valence electrons. The van der Waals surface area contributed by atoms with E-state index in [-0.39, 0.29) is 24.7 Å². The molecule has 0 bridgehead atoms. The Balaban J connectivity index is 2.25. The van der Waals surface area contributed by atoms with Crippen molar-refractivity contribution in [3.8, 4) is 0 Å². The molecule has 0 radical (unpaired) electrons. The van der Waals surface area contributed by atoms with E-state index in [4.69, 9.17) is 4.74 Å². The summed E-state index contributed by atoms with van der Waals surface area (Å²) in [6.07, 6.45) is 2.90. The number of carboxylic acid groups (broad SMARTS) is 1. The normalized spacial score (nSPS) is 41.7. The van der Waals surface area contributed by atoms with Crippen molar-refractivity contribution in [2.24, 2.45) is 23.2 Å². The second-order valence-corrected chi connectivity index (χ2v) is 5.97. The number of carbonyl (C=O) groups excluding carboxylic acids is 1. The smallest absolute Gasteiger partial charge is 0.319 e. The Morgan fingerprint density at radius 3 is 2.61 bits per heavy atom. The van der Waals surface area contributed by atoms with Gasteiger partial charge in [-0.3, -0.25) is 9.59 Å². The highest BCUT2D eigenvalue weighted by atomic mass is 16.5. The second kappa shape index (κ2) is 5.00. The van der Waals surface area contributed by atoms with Gasteiger partial charge in [-0.05, 0) is 30.6 Å². The number of Topliss-reactive ketones (excluding diaryl/α,β-unsaturated/α-hetero) is 1. The Morgan fingerprint density at radius 1 is 1.33 bits per heavy atom. The first-order valence-corrected chi connectivity index (χ1v) is 6.83. The number of hydrogen-bond acceptors (Lipinski definition) is 3. The van der Waals surface area contributed by atoms with E-state index >= 15 is 0 Å². The SMILES string of the molecule is CC1CCC(C2(C(=O)O)COCCC2=O)CC1C. The molecule has 1 saturated carbocycles. The van der Waals surface area contributed by atoms with E-state index in [0.29, 0.717) is 18.4 Å². The molecule has 1 N–H and O–H groups in total. The predicted octanol–water partition coefficient (Wildman–Crippen LogP) is 2.12. The van der Waals surface area contributed by atoms with Crippen LogP contribution in [-0.4, -0.2) is 30.1 Å². The van der Waals surface area contributed by atoms with Crippen LogP contribution in [0.15, 0.2) is 0 Å². The fourth-order valence-corrected chi connectivity index (χ4v) is 3.40. The third kappa shape index (κ3) is 2.07. The lowest BCUT2D eigenvalue weighted by molar-refractivity contribution is -0.172. The quantitative estimate of drug-likeness (QED) is 0.767. The van der Waals surface area contributed by atoms with Crippen LogP contribution in [-0.2, 0) is 14.3 Å². The average molecular weight is 254 g/mol. The molecule has 2 fully saturated rings. The summed E-state index contributed by atoms with van der Waals surface area (Å²) in [5, 5.41) is 9.56. The summed E-state index contributed by atoms with van der Waals surface area (Å²) in [5.74, 6) is -0.0811. The molecule has 0 aromatic rings. The summed E-state index contributed by atoms with van der Waals surface area (Å²) < 4.78 is 5.33. The maximum Gasteiger partial charge on any atom is 0.319 e. The van der Waals surface area contributed by atoms with E-state index in [9.17, 15) is 14.7 Å². The Kier molecular flexibility index (Phi) is 3.76. The van der Waals surface area contributed by atoms with Crippen molar-refractivity contribution in [2.75, 3.05) is 13.2 Å². The Morgan fingerprint density at radius 2 is 2.06 bits per heavy atom. The van der Waals surface area contributed by atoms with Crippen molar-refractivity contribution in [2.45, 2.75) is 39.5 Å². The third-order valence-corrected chi connectivity index (χ3v) is 4.98. The zero-order valence-corrected chi connectivity index (χ0v) is 11.1. The van der Waals surface area contributed by atoms with Crippen molar-refractivity contribution < 1.29 is 19.4 Å². The van der Waals surface area contributed by atoms with Gasteiger partial charge in [0.25, 0.3) is 0 Å². The number of ketones is 1. The topological polar surface area (TPSA) is 63.6 Å². The van der Waals surface area contributed by atoms with Crippen molar-refractivity contribution in [1.29, 1.82) is 0 Å². The van der Waals surface area contributed by atoms with Gasteiger partial charge in [0, 0.05) is 6.42 Å². The molecule has 1 saturated heterocycles. The van der Waals surface area contributed by atoms with E-state index in [2.05, 4.69) is 13.8 Å². The maximum absolute atomic E-state index is 12.2. The highest BCUT2D eigenvalue weighted by molar-refractivity contribution is 6.04. The molecule has 0 spiro atoms.